The highest BCUT2D eigenvalue weighted by Gasteiger charge is 2.52. The fourth-order valence-electron chi connectivity index (χ4n) is 5.44. The number of fused-ring (bicyclic) bond motifs is 1. The molecule has 1 amide bonds. The number of hydrogen-bond donors (Lipinski definition) is 1. The quantitative estimate of drug-likeness (QED) is 0.677. The van der Waals surface area contributed by atoms with Crippen molar-refractivity contribution in [3.05, 3.63) is 29.8 Å². The first kappa shape index (κ1) is 15.7. The number of hydrogen-bond acceptors (Lipinski definition) is 3. The Morgan fingerprint density at radius 1 is 1.12 bits per heavy atom. The van der Waals surface area contributed by atoms with E-state index in [1.807, 2.05) is 24.3 Å². The van der Waals surface area contributed by atoms with E-state index in [-0.39, 0.29) is 11.3 Å². The third-order valence-electron chi connectivity index (χ3n) is 6.33. The van der Waals surface area contributed by atoms with Crippen molar-refractivity contribution in [1.82, 2.24) is 5.43 Å². The summed E-state index contributed by atoms with van der Waals surface area (Å²) in [6, 6.07) is 7.66. The Kier molecular flexibility index (Phi) is 4.07. The summed E-state index contributed by atoms with van der Waals surface area (Å²) in [5.74, 6) is 3.25. The van der Waals surface area contributed by atoms with Crippen molar-refractivity contribution >= 4 is 12.1 Å². The maximum Gasteiger partial charge on any atom is 0.246 e. The van der Waals surface area contributed by atoms with Crippen LogP contribution in [-0.2, 0) is 4.79 Å². The first-order chi connectivity index (χ1) is 11.7. The van der Waals surface area contributed by atoms with Gasteiger partial charge in [0.15, 0.2) is 0 Å². The summed E-state index contributed by atoms with van der Waals surface area (Å²) >= 11 is 0. The molecule has 24 heavy (non-hydrogen) atoms. The molecule has 0 spiro atoms. The lowest BCUT2D eigenvalue weighted by Gasteiger charge is -2.46. The molecule has 4 bridgehead atoms. The molecule has 4 heteroatoms. The van der Waals surface area contributed by atoms with E-state index in [2.05, 4.69) is 10.5 Å². The summed E-state index contributed by atoms with van der Waals surface area (Å²) in [5, 5.41) is 4.22. The zero-order valence-corrected chi connectivity index (χ0v) is 14.3. The summed E-state index contributed by atoms with van der Waals surface area (Å²) < 4.78 is 5.15. The molecule has 4 nitrogen and oxygen atoms in total. The predicted molar refractivity (Wildman–Crippen MR) is 94.0 cm³/mol. The Bertz CT molecular complexity index is 622. The van der Waals surface area contributed by atoms with E-state index in [9.17, 15) is 4.79 Å². The number of nitrogens with one attached hydrogen (secondary N) is 1. The highest BCUT2D eigenvalue weighted by molar-refractivity contribution is 5.85. The average molecular weight is 326 g/mol. The second-order valence-electron chi connectivity index (χ2n) is 8.01. The van der Waals surface area contributed by atoms with Crippen LogP contribution in [0.3, 0.4) is 0 Å². The number of methoxy groups -OCH3 is 1. The molecule has 0 heterocycles. The molecular weight excluding hydrogens is 300 g/mol. The molecule has 4 saturated carbocycles. The van der Waals surface area contributed by atoms with Crippen molar-refractivity contribution in [2.45, 2.75) is 44.9 Å². The molecule has 1 aromatic rings. The first-order valence-corrected chi connectivity index (χ1v) is 9.14. The first-order valence-electron chi connectivity index (χ1n) is 9.14. The van der Waals surface area contributed by atoms with E-state index < -0.39 is 0 Å². The minimum absolute atomic E-state index is 0.147. The highest BCUT2D eigenvalue weighted by Crippen LogP contribution is 2.57. The van der Waals surface area contributed by atoms with Crippen molar-refractivity contribution in [2.75, 3.05) is 7.11 Å². The molecule has 0 saturated heterocycles. The molecule has 2 unspecified atom stereocenters. The van der Waals surface area contributed by atoms with Gasteiger partial charge in [-0.1, -0.05) is 12.8 Å². The zero-order chi connectivity index (χ0) is 16.6. The Morgan fingerprint density at radius 3 is 2.38 bits per heavy atom. The molecule has 128 valence electrons. The van der Waals surface area contributed by atoms with Gasteiger partial charge in [-0.3, -0.25) is 4.79 Å². The van der Waals surface area contributed by atoms with Gasteiger partial charge < -0.3 is 4.74 Å². The SMILES string of the molecule is COc1ccc(/C=N\NC(=O)C23CC4C[C@@H](CC[C@@H](C4)C2)C3)cc1. The summed E-state index contributed by atoms with van der Waals surface area (Å²) in [6.07, 6.45) is 10.3. The van der Waals surface area contributed by atoms with Crippen LogP contribution in [0.2, 0.25) is 0 Å². The van der Waals surface area contributed by atoms with E-state index in [0.717, 1.165) is 48.3 Å². The zero-order valence-electron chi connectivity index (χ0n) is 14.3. The maximum absolute atomic E-state index is 12.9. The monoisotopic (exact) mass is 326 g/mol. The molecule has 4 aliphatic carbocycles. The molecule has 0 radical (unpaired) electrons. The van der Waals surface area contributed by atoms with E-state index in [1.54, 1.807) is 13.3 Å². The summed E-state index contributed by atoms with van der Waals surface area (Å²) in [4.78, 5) is 12.9. The van der Waals surface area contributed by atoms with Crippen LogP contribution in [0, 0.1) is 23.2 Å². The Hall–Kier alpha value is -1.84. The van der Waals surface area contributed by atoms with Crippen LogP contribution in [0.15, 0.2) is 29.4 Å². The fourth-order valence-corrected chi connectivity index (χ4v) is 5.44. The third kappa shape index (κ3) is 2.94. The lowest BCUT2D eigenvalue weighted by molar-refractivity contribution is -0.138. The van der Waals surface area contributed by atoms with Gasteiger partial charge in [0.25, 0.3) is 0 Å². The number of nitrogens with zero attached hydrogens (tertiary/aromatic N) is 1. The molecule has 0 aromatic heterocycles. The Balaban J connectivity index is 1.43. The molecule has 4 aliphatic rings. The van der Waals surface area contributed by atoms with Crippen molar-refractivity contribution in [3.8, 4) is 5.75 Å². The van der Waals surface area contributed by atoms with Gasteiger partial charge in [0, 0.05) is 0 Å². The average Bonchev–Trinajstić information content (AvgIpc) is 2.81. The van der Waals surface area contributed by atoms with Crippen LogP contribution < -0.4 is 10.2 Å². The van der Waals surface area contributed by atoms with E-state index in [4.69, 9.17) is 4.74 Å². The van der Waals surface area contributed by atoms with Gasteiger partial charge in [-0.2, -0.15) is 5.10 Å². The molecule has 5 rings (SSSR count). The number of ether oxygens (including phenoxy) is 1. The predicted octanol–water partition coefficient (Wildman–Crippen LogP) is 3.75. The highest BCUT2D eigenvalue weighted by atomic mass is 16.5. The lowest BCUT2D eigenvalue weighted by atomic mass is 9.58. The van der Waals surface area contributed by atoms with Gasteiger partial charge in [0.05, 0.1) is 18.7 Å². The van der Waals surface area contributed by atoms with Crippen molar-refractivity contribution < 1.29 is 9.53 Å². The van der Waals surface area contributed by atoms with Gasteiger partial charge in [0.1, 0.15) is 5.75 Å². The Labute approximate surface area is 143 Å². The van der Waals surface area contributed by atoms with Crippen molar-refractivity contribution in [1.29, 1.82) is 0 Å². The van der Waals surface area contributed by atoms with Gasteiger partial charge >= 0.3 is 0 Å². The second-order valence-corrected chi connectivity index (χ2v) is 8.01. The standard InChI is InChI=1S/C20H26N2O2/c1-24-18-6-4-14(5-7-18)13-21-22-19(23)20-10-15-2-3-16(11-20)9-17(8-15)12-20/h4-7,13,15-17H,2-3,8-12H2,1H3,(H,22,23)/b21-13-/t15-,16+,17?,20?. The van der Waals surface area contributed by atoms with E-state index >= 15 is 0 Å². The molecule has 1 aromatic carbocycles. The molecule has 0 aliphatic heterocycles. The topological polar surface area (TPSA) is 50.7 Å². The third-order valence-corrected chi connectivity index (χ3v) is 6.33. The van der Waals surface area contributed by atoms with E-state index in [0.29, 0.717) is 0 Å². The van der Waals surface area contributed by atoms with Crippen LogP contribution in [-0.4, -0.2) is 19.2 Å². The van der Waals surface area contributed by atoms with Gasteiger partial charge in [-0.15, -0.1) is 0 Å². The van der Waals surface area contributed by atoms with E-state index in [1.165, 1.54) is 25.7 Å². The number of hydrazone groups is 1. The van der Waals surface area contributed by atoms with Gasteiger partial charge in [0.2, 0.25) is 5.91 Å². The molecule has 4 atom stereocenters. The smallest absolute Gasteiger partial charge is 0.246 e. The number of rotatable bonds is 4. The summed E-state index contributed by atoms with van der Waals surface area (Å²) in [6.45, 7) is 0. The maximum atomic E-state index is 12.9. The molecule has 1 N–H and O–H groups in total. The minimum Gasteiger partial charge on any atom is -0.497 e. The van der Waals surface area contributed by atoms with Crippen LogP contribution in [0.4, 0.5) is 0 Å². The van der Waals surface area contributed by atoms with Crippen LogP contribution in [0.25, 0.3) is 0 Å². The van der Waals surface area contributed by atoms with Crippen molar-refractivity contribution in [3.63, 3.8) is 0 Å². The number of carbonyl (C=O) groups is 1. The normalized spacial score (nSPS) is 34.3. The number of benzene rings is 1. The largest absolute Gasteiger partial charge is 0.497 e. The minimum atomic E-state index is -0.149. The summed E-state index contributed by atoms with van der Waals surface area (Å²) in [7, 11) is 1.65. The van der Waals surface area contributed by atoms with Crippen LogP contribution >= 0.6 is 0 Å². The van der Waals surface area contributed by atoms with Gasteiger partial charge in [-0.25, -0.2) is 5.43 Å². The van der Waals surface area contributed by atoms with Gasteiger partial charge in [-0.05, 0) is 79.7 Å². The molecular formula is C20H26N2O2. The summed E-state index contributed by atoms with van der Waals surface area (Å²) in [5.41, 5.74) is 3.65. The molecule has 4 fully saturated rings. The fraction of sp³-hybridized carbons (Fsp3) is 0.600. The second kappa shape index (κ2) is 6.23. The lowest BCUT2D eigenvalue weighted by Crippen LogP contribution is -2.47. The van der Waals surface area contributed by atoms with Crippen molar-refractivity contribution in [2.24, 2.45) is 28.3 Å². The van der Waals surface area contributed by atoms with Crippen LogP contribution in [0.1, 0.15) is 50.5 Å². The Morgan fingerprint density at radius 2 is 1.75 bits per heavy atom. The van der Waals surface area contributed by atoms with Crippen LogP contribution in [0.5, 0.6) is 5.75 Å². The number of carbonyl (C=O) groups excluding carboxylic acids is 1. The number of amides is 1.